The molecule has 3 rings (SSSR count). The number of aryl methyl sites for hydroxylation is 1. The van der Waals surface area contributed by atoms with Gasteiger partial charge in [0.15, 0.2) is 5.78 Å². The van der Waals surface area contributed by atoms with E-state index < -0.39 is 0 Å². The molecular weight excluding hydrogens is 270 g/mol. The number of hydrogen-bond donors (Lipinski definition) is 0. The Bertz CT molecular complexity index is 730. The van der Waals surface area contributed by atoms with E-state index in [2.05, 4.69) is 9.97 Å². The number of thiazole rings is 1. The Kier molecular flexibility index (Phi) is 3.43. The molecule has 0 saturated carbocycles. The van der Waals surface area contributed by atoms with Gasteiger partial charge in [0.1, 0.15) is 5.01 Å². The quantitative estimate of drug-likeness (QED) is 0.692. The minimum absolute atomic E-state index is 0.0902. The lowest BCUT2D eigenvalue weighted by molar-refractivity contribution is 0.0992. The zero-order valence-electron chi connectivity index (χ0n) is 11.0. The smallest absolute Gasteiger partial charge is 0.168 e. The summed E-state index contributed by atoms with van der Waals surface area (Å²) in [4.78, 5) is 20.7. The minimum atomic E-state index is 0.0902. The van der Waals surface area contributed by atoms with E-state index in [4.69, 9.17) is 0 Å². The van der Waals surface area contributed by atoms with Crippen LogP contribution in [0.25, 0.3) is 10.7 Å². The van der Waals surface area contributed by atoms with E-state index >= 15 is 0 Å². The number of carbonyl (C=O) groups excluding carboxylic acids is 1. The van der Waals surface area contributed by atoms with Crippen molar-refractivity contribution >= 4 is 17.1 Å². The molecule has 2 aromatic heterocycles. The van der Waals surface area contributed by atoms with E-state index in [0.29, 0.717) is 6.42 Å². The molecule has 0 spiro atoms. The van der Waals surface area contributed by atoms with Gasteiger partial charge in [0, 0.05) is 18.0 Å². The minimum Gasteiger partial charge on any atom is -0.332 e. The molecule has 0 aliphatic heterocycles. The van der Waals surface area contributed by atoms with Gasteiger partial charge >= 0.3 is 0 Å². The van der Waals surface area contributed by atoms with Gasteiger partial charge in [-0.05, 0) is 0 Å². The van der Waals surface area contributed by atoms with Gasteiger partial charge in [-0.15, -0.1) is 11.3 Å². The van der Waals surface area contributed by atoms with Crippen LogP contribution in [-0.4, -0.2) is 20.3 Å². The van der Waals surface area contributed by atoms with Crippen molar-refractivity contribution in [3.63, 3.8) is 0 Å². The maximum absolute atomic E-state index is 12.1. The molecule has 5 heteroatoms. The predicted molar refractivity (Wildman–Crippen MR) is 78.8 cm³/mol. The highest BCUT2D eigenvalue weighted by atomic mass is 32.1. The fourth-order valence-corrected chi connectivity index (χ4v) is 2.83. The number of carbonyl (C=O) groups is 1. The summed E-state index contributed by atoms with van der Waals surface area (Å²) in [7, 11) is 1.93. The van der Waals surface area contributed by atoms with Gasteiger partial charge < -0.3 is 4.57 Å². The molecule has 4 nitrogen and oxygen atoms in total. The van der Waals surface area contributed by atoms with Crippen molar-refractivity contribution in [3.8, 4) is 10.7 Å². The molecule has 20 heavy (non-hydrogen) atoms. The number of nitrogens with zero attached hydrogens (tertiary/aromatic N) is 3. The number of ketones is 1. The molecule has 0 bridgehead atoms. The van der Waals surface area contributed by atoms with Crippen LogP contribution in [0.15, 0.2) is 48.2 Å². The summed E-state index contributed by atoms with van der Waals surface area (Å²) in [6.45, 7) is 0. The Labute approximate surface area is 120 Å². The number of Topliss-reactive ketones (excluding diaryl/α,β-unsaturated/α-hetero) is 1. The maximum atomic E-state index is 12.1. The largest absolute Gasteiger partial charge is 0.332 e. The summed E-state index contributed by atoms with van der Waals surface area (Å²) in [5.74, 6) is 0.0902. The molecule has 0 aliphatic carbocycles. The lowest BCUT2D eigenvalue weighted by atomic mass is 10.1. The van der Waals surface area contributed by atoms with E-state index in [1.807, 2.05) is 47.3 Å². The Morgan fingerprint density at radius 2 is 2.10 bits per heavy atom. The number of imidazole rings is 1. The van der Waals surface area contributed by atoms with E-state index in [0.717, 1.165) is 22.0 Å². The van der Waals surface area contributed by atoms with Crippen LogP contribution in [0, 0.1) is 0 Å². The van der Waals surface area contributed by atoms with Gasteiger partial charge in [-0.3, -0.25) is 4.79 Å². The molecule has 0 aliphatic rings. The van der Waals surface area contributed by atoms with Crippen LogP contribution >= 0.6 is 11.3 Å². The zero-order valence-corrected chi connectivity index (χ0v) is 11.8. The average molecular weight is 283 g/mol. The van der Waals surface area contributed by atoms with E-state index in [1.165, 1.54) is 11.3 Å². The first-order chi connectivity index (χ1) is 9.74. The third-order valence-corrected chi connectivity index (χ3v) is 3.94. The van der Waals surface area contributed by atoms with Crippen molar-refractivity contribution in [3.05, 3.63) is 59.5 Å². The number of hydrogen-bond acceptors (Lipinski definition) is 4. The van der Waals surface area contributed by atoms with Gasteiger partial charge in [-0.2, -0.15) is 0 Å². The molecule has 0 unspecified atom stereocenters. The van der Waals surface area contributed by atoms with Crippen molar-refractivity contribution in [2.45, 2.75) is 6.42 Å². The molecule has 0 N–H and O–H groups in total. The Hall–Kier alpha value is -2.27. The Morgan fingerprint density at radius 3 is 2.80 bits per heavy atom. The highest BCUT2D eigenvalue weighted by molar-refractivity contribution is 7.13. The first kappa shape index (κ1) is 12.7. The van der Waals surface area contributed by atoms with Crippen molar-refractivity contribution in [1.82, 2.24) is 14.5 Å². The number of benzene rings is 1. The summed E-state index contributed by atoms with van der Waals surface area (Å²) in [6.07, 6.45) is 3.85. The molecule has 3 aromatic rings. The molecule has 0 saturated heterocycles. The Balaban J connectivity index is 1.78. The molecule has 0 radical (unpaired) electrons. The topological polar surface area (TPSA) is 47.8 Å². The third kappa shape index (κ3) is 2.53. The second-order valence-electron chi connectivity index (χ2n) is 4.50. The summed E-state index contributed by atoms with van der Waals surface area (Å²) in [6, 6.07) is 9.30. The second-order valence-corrected chi connectivity index (χ2v) is 5.36. The van der Waals surface area contributed by atoms with Crippen LogP contribution < -0.4 is 0 Å². The first-order valence-corrected chi connectivity index (χ1v) is 7.11. The maximum Gasteiger partial charge on any atom is 0.168 e. The molecule has 100 valence electrons. The van der Waals surface area contributed by atoms with Crippen LogP contribution in [0.5, 0.6) is 0 Å². The highest BCUT2D eigenvalue weighted by Gasteiger charge is 2.12. The highest BCUT2D eigenvalue weighted by Crippen LogP contribution is 2.23. The molecule has 1 aromatic carbocycles. The van der Waals surface area contributed by atoms with Crippen molar-refractivity contribution in [1.29, 1.82) is 0 Å². The molecule has 0 fully saturated rings. The van der Waals surface area contributed by atoms with Gasteiger partial charge in [-0.25, -0.2) is 9.97 Å². The lowest BCUT2D eigenvalue weighted by Gasteiger charge is -1.98. The third-order valence-electron chi connectivity index (χ3n) is 3.02. The van der Waals surface area contributed by atoms with Crippen LogP contribution in [-0.2, 0) is 13.5 Å². The van der Waals surface area contributed by atoms with Crippen molar-refractivity contribution in [2.75, 3.05) is 0 Å². The van der Waals surface area contributed by atoms with Crippen LogP contribution in [0.1, 0.15) is 16.1 Å². The second kappa shape index (κ2) is 5.38. The summed E-state index contributed by atoms with van der Waals surface area (Å²) in [5, 5.41) is 2.82. The van der Waals surface area contributed by atoms with Crippen LogP contribution in [0.2, 0.25) is 0 Å². The van der Waals surface area contributed by atoms with Crippen LogP contribution in [0.4, 0.5) is 0 Å². The summed E-state index contributed by atoms with van der Waals surface area (Å²) < 4.78 is 1.92. The van der Waals surface area contributed by atoms with Crippen molar-refractivity contribution < 1.29 is 4.79 Å². The monoisotopic (exact) mass is 283 g/mol. The standard InChI is InChI=1S/C15H13N3OS/c1-18-10-16-8-13(18)15-17-12(9-20-15)7-14(19)11-5-3-2-4-6-11/h2-6,8-10H,7H2,1H3. The molecule has 0 atom stereocenters. The average Bonchev–Trinajstić information content (AvgIpc) is 3.08. The van der Waals surface area contributed by atoms with Gasteiger partial charge in [-0.1, -0.05) is 30.3 Å². The van der Waals surface area contributed by atoms with Crippen LogP contribution in [0.3, 0.4) is 0 Å². The van der Waals surface area contributed by atoms with Gasteiger partial charge in [0.05, 0.1) is 30.3 Å². The van der Waals surface area contributed by atoms with E-state index in [-0.39, 0.29) is 5.78 Å². The number of rotatable bonds is 4. The molecule has 0 amide bonds. The summed E-state index contributed by atoms with van der Waals surface area (Å²) >= 11 is 1.53. The summed E-state index contributed by atoms with van der Waals surface area (Å²) in [5.41, 5.74) is 2.50. The van der Waals surface area contributed by atoms with Crippen molar-refractivity contribution in [2.24, 2.45) is 7.05 Å². The van der Waals surface area contributed by atoms with E-state index in [9.17, 15) is 4.79 Å². The first-order valence-electron chi connectivity index (χ1n) is 6.23. The fraction of sp³-hybridized carbons (Fsp3) is 0.133. The zero-order chi connectivity index (χ0) is 13.9. The number of aromatic nitrogens is 3. The van der Waals surface area contributed by atoms with E-state index in [1.54, 1.807) is 12.5 Å². The lowest BCUT2D eigenvalue weighted by Crippen LogP contribution is -2.03. The van der Waals surface area contributed by atoms with Gasteiger partial charge in [0.25, 0.3) is 0 Å². The molecular formula is C15H13N3OS. The Morgan fingerprint density at radius 1 is 1.30 bits per heavy atom. The predicted octanol–water partition coefficient (Wildman–Crippen LogP) is 2.97. The normalized spacial score (nSPS) is 10.7. The van der Waals surface area contributed by atoms with Gasteiger partial charge in [0.2, 0.25) is 0 Å². The molecule has 2 heterocycles. The fourth-order valence-electron chi connectivity index (χ4n) is 1.96. The SMILES string of the molecule is Cn1cncc1-c1nc(CC(=O)c2ccccc2)cs1.